The molecule has 0 bridgehead atoms. The minimum atomic E-state index is 0.224. The molecule has 1 aliphatic carbocycles. The summed E-state index contributed by atoms with van der Waals surface area (Å²) in [7, 11) is 1.81. The second kappa shape index (κ2) is 7.79. The fourth-order valence-electron chi connectivity index (χ4n) is 3.15. The number of aromatic nitrogens is 1. The van der Waals surface area contributed by atoms with Gasteiger partial charge in [-0.2, -0.15) is 0 Å². The number of guanidine groups is 1. The van der Waals surface area contributed by atoms with Gasteiger partial charge in [-0.05, 0) is 56.2 Å². The Bertz CT molecular complexity index is 720. The van der Waals surface area contributed by atoms with Gasteiger partial charge in [-0.3, -0.25) is 4.99 Å². The lowest BCUT2D eigenvalue weighted by molar-refractivity contribution is 0.665. The van der Waals surface area contributed by atoms with Gasteiger partial charge in [0.25, 0.3) is 0 Å². The molecule has 5 heteroatoms. The maximum Gasteiger partial charge on any atom is 0.191 e. The van der Waals surface area contributed by atoms with Crippen LogP contribution in [0, 0.1) is 6.92 Å². The van der Waals surface area contributed by atoms with Crippen molar-refractivity contribution < 1.29 is 0 Å². The van der Waals surface area contributed by atoms with Gasteiger partial charge in [0.05, 0.1) is 12.6 Å². The number of nitrogens with one attached hydrogen (secondary N) is 2. The minimum absolute atomic E-state index is 0.224. The monoisotopic (exact) mass is 342 g/mol. The maximum atomic E-state index is 4.38. The van der Waals surface area contributed by atoms with Gasteiger partial charge in [0.15, 0.2) is 5.96 Å². The Morgan fingerprint density at radius 3 is 2.79 bits per heavy atom. The molecule has 0 fully saturated rings. The van der Waals surface area contributed by atoms with E-state index in [1.165, 1.54) is 47.3 Å². The molecule has 1 unspecified atom stereocenters. The van der Waals surface area contributed by atoms with Crippen molar-refractivity contribution in [1.29, 1.82) is 0 Å². The summed E-state index contributed by atoms with van der Waals surface area (Å²) < 4.78 is 0. The van der Waals surface area contributed by atoms with Gasteiger partial charge < -0.3 is 10.6 Å². The van der Waals surface area contributed by atoms with Crippen LogP contribution < -0.4 is 10.6 Å². The lowest BCUT2D eigenvalue weighted by Crippen LogP contribution is -2.38. The average Bonchev–Trinajstić information content (AvgIpc) is 3.03. The van der Waals surface area contributed by atoms with E-state index in [-0.39, 0.29) is 6.04 Å². The van der Waals surface area contributed by atoms with Gasteiger partial charge >= 0.3 is 0 Å². The van der Waals surface area contributed by atoms with Gasteiger partial charge in [-0.25, -0.2) is 4.98 Å². The van der Waals surface area contributed by atoms with Crippen LogP contribution in [0.5, 0.6) is 0 Å². The topological polar surface area (TPSA) is 49.3 Å². The minimum Gasteiger partial charge on any atom is -0.350 e. The maximum absolute atomic E-state index is 4.38. The number of rotatable bonds is 4. The van der Waals surface area contributed by atoms with Crippen molar-refractivity contribution >= 4 is 17.3 Å². The summed E-state index contributed by atoms with van der Waals surface area (Å²) in [4.78, 5) is 9.95. The normalized spacial score (nSPS) is 15.7. The zero-order valence-corrected chi connectivity index (χ0v) is 15.5. The van der Waals surface area contributed by atoms with Crippen molar-refractivity contribution in [2.24, 2.45) is 4.99 Å². The average molecular weight is 343 g/mol. The first kappa shape index (κ1) is 17.0. The number of hydrogen-bond donors (Lipinski definition) is 2. The lowest BCUT2D eigenvalue weighted by Gasteiger charge is -2.21. The molecular weight excluding hydrogens is 316 g/mol. The van der Waals surface area contributed by atoms with Crippen LogP contribution in [0.3, 0.4) is 0 Å². The third kappa shape index (κ3) is 4.15. The molecular formula is C19H26N4S. The van der Waals surface area contributed by atoms with E-state index in [1.807, 2.05) is 13.2 Å². The van der Waals surface area contributed by atoms with Crippen molar-refractivity contribution in [1.82, 2.24) is 15.6 Å². The summed E-state index contributed by atoms with van der Waals surface area (Å²) in [5, 5.41) is 7.91. The summed E-state index contributed by atoms with van der Waals surface area (Å²) >= 11 is 1.71. The van der Waals surface area contributed by atoms with Crippen molar-refractivity contribution in [3.63, 3.8) is 0 Å². The zero-order chi connectivity index (χ0) is 16.9. The molecule has 128 valence electrons. The Morgan fingerprint density at radius 2 is 2.08 bits per heavy atom. The molecule has 1 heterocycles. The number of benzene rings is 1. The number of nitrogens with zero attached hydrogens (tertiary/aromatic N) is 2. The molecule has 4 nitrogen and oxygen atoms in total. The second-order valence-corrected chi connectivity index (χ2v) is 7.71. The number of hydrogen-bond acceptors (Lipinski definition) is 3. The van der Waals surface area contributed by atoms with E-state index < -0.39 is 0 Å². The Morgan fingerprint density at radius 1 is 1.29 bits per heavy atom. The van der Waals surface area contributed by atoms with Crippen LogP contribution in [0.15, 0.2) is 29.4 Å². The molecule has 0 saturated carbocycles. The molecule has 1 aromatic heterocycles. The van der Waals surface area contributed by atoms with E-state index in [9.17, 15) is 0 Å². The zero-order valence-electron chi connectivity index (χ0n) is 14.7. The van der Waals surface area contributed by atoms with E-state index in [2.05, 4.69) is 52.7 Å². The molecule has 0 amide bonds. The SMILES string of the molecule is CN=C(NCc1ncc(C)s1)NC(C)c1ccc2c(c1)CCCC2. The van der Waals surface area contributed by atoms with Gasteiger partial charge in [0.2, 0.25) is 0 Å². The molecule has 2 aromatic rings. The summed E-state index contributed by atoms with van der Waals surface area (Å²) in [5.74, 6) is 0.813. The van der Waals surface area contributed by atoms with Gasteiger partial charge in [0.1, 0.15) is 5.01 Å². The number of aryl methyl sites for hydroxylation is 3. The smallest absolute Gasteiger partial charge is 0.191 e. The van der Waals surface area contributed by atoms with E-state index >= 15 is 0 Å². The molecule has 2 N–H and O–H groups in total. The third-order valence-electron chi connectivity index (χ3n) is 4.53. The predicted molar refractivity (Wildman–Crippen MR) is 102 cm³/mol. The van der Waals surface area contributed by atoms with Crippen LogP contribution >= 0.6 is 11.3 Å². The molecule has 3 rings (SSSR count). The first-order chi connectivity index (χ1) is 11.7. The summed E-state index contributed by atoms with van der Waals surface area (Å²) in [5.41, 5.74) is 4.37. The highest BCUT2D eigenvalue weighted by atomic mass is 32.1. The first-order valence-electron chi connectivity index (χ1n) is 8.66. The first-order valence-corrected chi connectivity index (χ1v) is 9.47. The van der Waals surface area contributed by atoms with Crippen LogP contribution in [0.1, 0.15) is 52.4 Å². The van der Waals surface area contributed by atoms with Crippen molar-refractivity contribution in [2.75, 3.05) is 7.05 Å². The lowest BCUT2D eigenvalue weighted by atomic mass is 9.89. The molecule has 0 radical (unpaired) electrons. The summed E-state index contributed by atoms with van der Waals surface area (Å²) in [6, 6.07) is 7.14. The van der Waals surface area contributed by atoms with E-state index in [1.54, 1.807) is 11.3 Å². The van der Waals surface area contributed by atoms with Crippen LogP contribution in [-0.4, -0.2) is 18.0 Å². The molecule has 1 aliphatic rings. The third-order valence-corrected chi connectivity index (χ3v) is 5.44. The van der Waals surface area contributed by atoms with Crippen LogP contribution in [0.25, 0.3) is 0 Å². The highest BCUT2D eigenvalue weighted by Gasteiger charge is 2.13. The van der Waals surface area contributed by atoms with Gasteiger partial charge in [-0.15, -0.1) is 11.3 Å². The van der Waals surface area contributed by atoms with Gasteiger partial charge in [0, 0.05) is 18.1 Å². The second-order valence-electron chi connectivity index (χ2n) is 6.39. The molecule has 24 heavy (non-hydrogen) atoms. The van der Waals surface area contributed by atoms with E-state index in [0.29, 0.717) is 6.54 Å². The van der Waals surface area contributed by atoms with Crippen LogP contribution in [-0.2, 0) is 19.4 Å². The van der Waals surface area contributed by atoms with Crippen molar-refractivity contribution in [2.45, 2.75) is 52.1 Å². The summed E-state index contributed by atoms with van der Waals surface area (Å²) in [6.07, 6.45) is 7.00. The highest BCUT2D eigenvalue weighted by Crippen LogP contribution is 2.24. The largest absolute Gasteiger partial charge is 0.350 e. The number of aliphatic imine (C=N–C) groups is 1. The van der Waals surface area contributed by atoms with Crippen molar-refractivity contribution in [3.05, 3.63) is 51.0 Å². The molecule has 0 saturated heterocycles. The van der Waals surface area contributed by atoms with Crippen LogP contribution in [0.2, 0.25) is 0 Å². The summed E-state index contributed by atoms with van der Waals surface area (Å²) in [6.45, 7) is 4.96. The fourth-order valence-corrected chi connectivity index (χ4v) is 3.88. The Balaban J connectivity index is 1.60. The van der Waals surface area contributed by atoms with E-state index in [0.717, 1.165) is 11.0 Å². The van der Waals surface area contributed by atoms with E-state index in [4.69, 9.17) is 0 Å². The fraction of sp³-hybridized carbons (Fsp3) is 0.474. The Kier molecular flexibility index (Phi) is 5.51. The Labute approximate surface area is 148 Å². The molecule has 0 aliphatic heterocycles. The Hall–Kier alpha value is -1.88. The van der Waals surface area contributed by atoms with Gasteiger partial charge in [-0.1, -0.05) is 18.2 Å². The predicted octanol–water partition coefficient (Wildman–Crippen LogP) is 3.76. The molecule has 1 atom stereocenters. The number of thiazole rings is 1. The quantitative estimate of drug-likeness (QED) is 0.657. The number of fused-ring (bicyclic) bond motifs is 1. The molecule has 0 spiro atoms. The van der Waals surface area contributed by atoms with Crippen molar-refractivity contribution in [3.8, 4) is 0 Å². The molecule has 1 aromatic carbocycles. The highest BCUT2D eigenvalue weighted by molar-refractivity contribution is 7.11. The van der Waals surface area contributed by atoms with Crippen LogP contribution in [0.4, 0.5) is 0 Å². The standard InChI is InChI=1S/C19H26N4S/c1-13-11-21-18(24-13)12-22-19(20-3)23-14(2)16-9-8-15-6-4-5-7-17(15)10-16/h8-11,14H,4-7,12H2,1-3H3,(H2,20,22,23).